The van der Waals surface area contributed by atoms with E-state index >= 15 is 0 Å². The Hall–Kier alpha value is -1.38. The average molecular weight is 322 g/mol. The third-order valence-electron chi connectivity index (χ3n) is 3.75. The molecule has 1 aromatic carbocycles. The summed E-state index contributed by atoms with van der Waals surface area (Å²) in [6.45, 7) is 4.09. The fourth-order valence-electron chi connectivity index (χ4n) is 2.60. The Balaban J connectivity index is 3.05. The molecule has 0 aliphatic rings. The Labute approximate surface area is 134 Å². The molecule has 22 heavy (non-hydrogen) atoms. The van der Waals surface area contributed by atoms with Gasteiger partial charge in [0.1, 0.15) is 6.54 Å². The van der Waals surface area contributed by atoms with Gasteiger partial charge in [-0.1, -0.05) is 57.7 Å². The molecule has 0 saturated heterocycles. The van der Waals surface area contributed by atoms with Crippen molar-refractivity contribution in [1.82, 2.24) is 4.31 Å². The maximum absolute atomic E-state index is 12.8. The normalized spacial score (nSPS) is 13.0. The quantitative estimate of drug-likeness (QED) is 0.484. The summed E-state index contributed by atoms with van der Waals surface area (Å²) in [5.74, 6) is 0. The van der Waals surface area contributed by atoms with Gasteiger partial charge in [-0.05, 0) is 25.0 Å². The lowest BCUT2D eigenvalue weighted by Crippen LogP contribution is -2.40. The van der Waals surface area contributed by atoms with Crippen LogP contribution in [0.4, 0.5) is 0 Å². The van der Waals surface area contributed by atoms with Crippen LogP contribution in [0.5, 0.6) is 0 Å². The first-order valence-electron chi connectivity index (χ1n) is 8.01. The predicted molar refractivity (Wildman–Crippen MR) is 88.8 cm³/mol. The SMILES string of the molecule is CCCCCC(CCC)N(CC#N)S(=O)(=O)c1ccccc1. The fourth-order valence-corrected chi connectivity index (χ4v) is 4.21. The molecule has 0 heterocycles. The minimum atomic E-state index is -3.61. The van der Waals surface area contributed by atoms with E-state index in [1.165, 1.54) is 4.31 Å². The molecule has 0 aromatic heterocycles. The number of sulfonamides is 1. The van der Waals surface area contributed by atoms with Crippen LogP contribution in [0.3, 0.4) is 0 Å². The van der Waals surface area contributed by atoms with Crippen molar-refractivity contribution in [1.29, 1.82) is 5.26 Å². The first-order valence-corrected chi connectivity index (χ1v) is 9.45. The number of unbranched alkanes of at least 4 members (excludes halogenated alkanes) is 2. The number of hydrogen-bond donors (Lipinski definition) is 0. The summed E-state index contributed by atoms with van der Waals surface area (Å²) < 4.78 is 27.1. The van der Waals surface area contributed by atoms with Gasteiger partial charge in [0.25, 0.3) is 0 Å². The number of hydrogen-bond acceptors (Lipinski definition) is 3. The number of nitrogens with zero attached hydrogens (tertiary/aromatic N) is 2. The smallest absolute Gasteiger partial charge is 0.207 e. The zero-order chi connectivity index (χ0) is 16.4. The maximum atomic E-state index is 12.8. The van der Waals surface area contributed by atoms with E-state index in [1.54, 1.807) is 30.3 Å². The third-order valence-corrected chi connectivity index (χ3v) is 5.66. The van der Waals surface area contributed by atoms with E-state index in [9.17, 15) is 8.42 Å². The van der Waals surface area contributed by atoms with Gasteiger partial charge in [-0.15, -0.1) is 0 Å². The Bertz CT molecular complexity index is 564. The summed E-state index contributed by atoms with van der Waals surface area (Å²) in [5.41, 5.74) is 0. The van der Waals surface area contributed by atoms with Gasteiger partial charge in [-0.3, -0.25) is 0 Å². The number of rotatable bonds is 10. The van der Waals surface area contributed by atoms with Crippen molar-refractivity contribution >= 4 is 10.0 Å². The molecule has 1 atom stereocenters. The lowest BCUT2D eigenvalue weighted by atomic mass is 10.0. The van der Waals surface area contributed by atoms with Crippen molar-refractivity contribution < 1.29 is 8.42 Å². The highest BCUT2D eigenvalue weighted by atomic mass is 32.2. The van der Waals surface area contributed by atoms with E-state index < -0.39 is 10.0 Å². The van der Waals surface area contributed by atoms with Gasteiger partial charge in [0.15, 0.2) is 0 Å². The number of nitriles is 1. The van der Waals surface area contributed by atoms with Crippen LogP contribution in [0.25, 0.3) is 0 Å². The van der Waals surface area contributed by atoms with Gasteiger partial charge in [0.05, 0.1) is 11.0 Å². The molecule has 0 bridgehead atoms. The van der Waals surface area contributed by atoms with Gasteiger partial charge < -0.3 is 0 Å². The van der Waals surface area contributed by atoms with Crippen LogP contribution in [0.15, 0.2) is 35.2 Å². The van der Waals surface area contributed by atoms with Gasteiger partial charge >= 0.3 is 0 Å². The minimum Gasteiger partial charge on any atom is -0.207 e. The molecule has 5 heteroatoms. The molecule has 0 spiro atoms. The Morgan fingerprint density at radius 2 is 1.77 bits per heavy atom. The molecular formula is C17H26N2O2S. The van der Waals surface area contributed by atoms with Gasteiger partial charge in [0, 0.05) is 6.04 Å². The van der Waals surface area contributed by atoms with Crippen LogP contribution in [0.2, 0.25) is 0 Å². The average Bonchev–Trinajstić information content (AvgIpc) is 2.53. The second kappa shape index (κ2) is 9.60. The predicted octanol–water partition coefficient (Wildman–Crippen LogP) is 3.95. The van der Waals surface area contributed by atoms with Crippen LogP contribution in [0.1, 0.15) is 52.4 Å². The monoisotopic (exact) mass is 322 g/mol. The Morgan fingerprint density at radius 3 is 2.32 bits per heavy atom. The number of benzene rings is 1. The molecule has 1 aromatic rings. The molecule has 0 amide bonds. The van der Waals surface area contributed by atoms with Gasteiger partial charge in [-0.2, -0.15) is 9.57 Å². The van der Waals surface area contributed by atoms with Gasteiger partial charge in [0.2, 0.25) is 10.0 Å². The molecule has 0 aliphatic carbocycles. The van der Waals surface area contributed by atoms with E-state index in [4.69, 9.17) is 5.26 Å². The molecule has 122 valence electrons. The second-order valence-electron chi connectivity index (χ2n) is 5.46. The first-order chi connectivity index (χ1) is 10.6. The second-order valence-corrected chi connectivity index (χ2v) is 7.35. The highest BCUT2D eigenvalue weighted by molar-refractivity contribution is 7.89. The molecule has 0 fully saturated rings. The third kappa shape index (κ3) is 5.11. The molecule has 1 rings (SSSR count). The van der Waals surface area contributed by atoms with E-state index in [0.717, 1.165) is 38.5 Å². The summed E-state index contributed by atoms with van der Waals surface area (Å²) in [6.07, 6.45) is 5.69. The molecule has 0 N–H and O–H groups in total. The van der Waals surface area contributed by atoms with Gasteiger partial charge in [-0.25, -0.2) is 8.42 Å². The Kier molecular flexibility index (Phi) is 8.15. The largest absolute Gasteiger partial charge is 0.244 e. The van der Waals surface area contributed by atoms with Crippen LogP contribution >= 0.6 is 0 Å². The Morgan fingerprint density at radius 1 is 1.09 bits per heavy atom. The zero-order valence-electron chi connectivity index (χ0n) is 13.5. The molecule has 4 nitrogen and oxygen atoms in total. The summed E-state index contributed by atoms with van der Waals surface area (Å²) in [6, 6.07) is 10.3. The van der Waals surface area contributed by atoms with E-state index in [-0.39, 0.29) is 17.5 Å². The van der Waals surface area contributed by atoms with Crippen LogP contribution in [-0.4, -0.2) is 25.3 Å². The van der Waals surface area contributed by atoms with E-state index in [0.29, 0.717) is 0 Å². The van der Waals surface area contributed by atoms with Crippen LogP contribution < -0.4 is 0 Å². The summed E-state index contributed by atoms with van der Waals surface area (Å²) in [5, 5.41) is 9.08. The van der Waals surface area contributed by atoms with Crippen LogP contribution in [0, 0.1) is 11.3 Å². The van der Waals surface area contributed by atoms with E-state index in [1.807, 2.05) is 13.0 Å². The van der Waals surface area contributed by atoms with Crippen molar-refractivity contribution in [2.24, 2.45) is 0 Å². The van der Waals surface area contributed by atoms with Crippen molar-refractivity contribution in [3.05, 3.63) is 30.3 Å². The highest BCUT2D eigenvalue weighted by Crippen LogP contribution is 2.23. The topological polar surface area (TPSA) is 61.2 Å². The lowest BCUT2D eigenvalue weighted by molar-refractivity contribution is 0.303. The lowest BCUT2D eigenvalue weighted by Gasteiger charge is -2.29. The zero-order valence-corrected chi connectivity index (χ0v) is 14.3. The van der Waals surface area contributed by atoms with Crippen molar-refractivity contribution in [3.8, 4) is 6.07 Å². The molecule has 0 aliphatic heterocycles. The molecule has 0 saturated carbocycles. The van der Waals surface area contributed by atoms with Crippen molar-refractivity contribution in [2.45, 2.75) is 63.3 Å². The standard InChI is InChI=1S/C17H26N2O2S/c1-3-5-7-11-16(10-4-2)19(15-14-18)22(20,21)17-12-8-6-9-13-17/h6,8-9,12-13,16H,3-5,7,10-11,15H2,1-2H3. The first kappa shape index (κ1) is 18.7. The maximum Gasteiger partial charge on any atom is 0.244 e. The molecular weight excluding hydrogens is 296 g/mol. The fraction of sp³-hybridized carbons (Fsp3) is 0.588. The molecule has 1 unspecified atom stereocenters. The minimum absolute atomic E-state index is 0.0893. The summed E-state index contributed by atoms with van der Waals surface area (Å²) in [4.78, 5) is 0.266. The highest BCUT2D eigenvalue weighted by Gasteiger charge is 2.30. The van der Waals surface area contributed by atoms with E-state index in [2.05, 4.69) is 6.92 Å². The summed E-state index contributed by atoms with van der Waals surface area (Å²) >= 11 is 0. The summed E-state index contributed by atoms with van der Waals surface area (Å²) in [7, 11) is -3.61. The van der Waals surface area contributed by atoms with Crippen LogP contribution in [-0.2, 0) is 10.0 Å². The molecule has 0 radical (unpaired) electrons. The van der Waals surface area contributed by atoms with Crippen molar-refractivity contribution in [2.75, 3.05) is 6.54 Å². The van der Waals surface area contributed by atoms with Crippen molar-refractivity contribution in [3.63, 3.8) is 0 Å².